The van der Waals surface area contributed by atoms with E-state index in [1.54, 1.807) is 0 Å². The Kier molecular flexibility index (Phi) is 4.16. The summed E-state index contributed by atoms with van der Waals surface area (Å²) >= 11 is 1.86. The molecule has 3 nitrogen and oxygen atoms in total. The Bertz CT molecular complexity index is 1970. The van der Waals surface area contributed by atoms with Crippen molar-refractivity contribution in [2.75, 3.05) is 0 Å². The van der Waals surface area contributed by atoms with E-state index in [0.29, 0.717) is 0 Å². The Labute approximate surface area is 211 Å². The Balaban J connectivity index is 1.45. The fourth-order valence-electron chi connectivity index (χ4n) is 5.58. The number of nitrogens with one attached hydrogen (secondary N) is 2. The lowest BCUT2D eigenvalue weighted by Crippen LogP contribution is -2.36. The minimum absolute atomic E-state index is 0.0946. The van der Waals surface area contributed by atoms with Crippen LogP contribution in [0.15, 0.2) is 114 Å². The van der Waals surface area contributed by atoms with E-state index < -0.39 is 0 Å². The molecule has 0 fully saturated rings. The van der Waals surface area contributed by atoms with Gasteiger partial charge in [-0.3, -0.25) is 4.99 Å². The van der Waals surface area contributed by atoms with Crippen molar-refractivity contribution >= 4 is 64.7 Å². The molecule has 8 rings (SSSR count). The van der Waals surface area contributed by atoms with E-state index in [2.05, 4.69) is 107 Å². The van der Waals surface area contributed by atoms with Crippen LogP contribution in [0.1, 0.15) is 5.56 Å². The van der Waals surface area contributed by atoms with Crippen LogP contribution in [-0.4, -0.2) is 16.7 Å². The van der Waals surface area contributed by atoms with Gasteiger partial charge in [0.1, 0.15) is 0 Å². The van der Waals surface area contributed by atoms with E-state index in [1.165, 1.54) is 42.1 Å². The van der Waals surface area contributed by atoms with Crippen molar-refractivity contribution in [1.82, 2.24) is 10.3 Å². The van der Waals surface area contributed by atoms with Gasteiger partial charge in [0.15, 0.2) is 0 Å². The van der Waals surface area contributed by atoms with Crippen LogP contribution in [0, 0.1) is 0 Å². The van der Waals surface area contributed by atoms with Crippen molar-refractivity contribution in [2.45, 2.75) is 6.04 Å². The molecule has 0 amide bonds. The minimum Gasteiger partial charge on any atom is -0.371 e. The van der Waals surface area contributed by atoms with Gasteiger partial charge >= 0.3 is 0 Å². The number of allylic oxidation sites excluding steroid dienone is 2. The normalized spacial score (nSPS) is 16.9. The summed E-state index contributed by atoms with van der Waals surface area (Å²) in [6.45, 7) is 0. The second-order valence-electron chi connectivity index (χ2n) is 9.36. The molecule has 0 saturated heterocycles. The molecule has 2 aromatic heterocycles. The lowest BCUT2D eigenvalue weighted by Gasteiger charge is -2.24. The summed E-state index contributed by atoms with van der Waals surface area (Å²) in [5.41, 5.74) is 7.99. The maximum absolute atomic E-state index is 4.79. The number of aliphatic imine (C=N–C) groups is 1. The van der Waals surface area contributed by atoms with E-state index in [1.807, 2.05) is 23.6 Å². The molecule has 4 heteroatoms. The summed E-state index contributed by atoms with van der Waals surface area (Å²) in [4.78, 5) is 8.61. The first-order valence-electron chi connectivity index (χ1n) is 12.2. The number of thiophene rings is 1. The molecule has 2 N–H and O–H groups in total. The third-order valence-electron chi connectivity index (χ3n) is 7.27. The second-order valence-corrected chi connectivity index (χ2v) is 10.4. The van der Waals surface area contributed by atoms with E-state index in [0.717, 1.165) is 28.0 Å². The van der Waals surface area contributed by atoms with Crippen LogP contribution in [0.2, 0.25) is 0 Å². The summed E-state index contributed by atoms with van der Waals surface area (Å²) in [7, 11) is 0. The number of H-pyrrole nitrogens is 1. The predicted molar refractivity (Wildman–Crippen MR) is 155 cm³/mol. The Hall–Kier alpha value is -4.41. The molecule has 6 aromatic rings. The van der Waals surface area contributed by atoms with Crippen molar-refractivity contribution < 1.29 is 0 Å². The molecule has 4 aromatic carbocycles. The van der Waals surface area contributed by atoms with Crippen molar-refractivity contribution in [3.63, 3.8) is 0 Å². The van der Waals surface area contributed by atoms with E-state index in [4.69, 9.17) is 4.99 Å². The highest BCUT2D eigenvalue weighted by Gasteiger charge is 2.23. The van der Waals surface area contributed by atoms with Crippen LogP contribution in [0.5, 0.6) is 0 Å². The lowest BCUT2D eigenvalue weighted by molar-refractivity contribution is 0.879. The number of fused-ring (bicyclic) bond motifs is 8. The number of hydrogen-bond donors (Lipinski definition) is 2. The van der Waals surface area contributed by atoms with Gasteiger partial charge in [0, 0.05) is 42.0 Å². The monoisotopic (exact) mass is 479 g/mol. The van der Waals surface area contributed by atoms with Gasteiger partial charge in [0.05, 0.1) is 29.2 Å². The third kappa shape index (κ3) is 2.88. The van der Waals surface area contributed by atoms with Gasteiger partial charge in [-0.15, -0.1) is 11.3 Å². The molecule has 0 bridgehead atoms. The number of rotatable bonds is 2. The van der Waals surface area contributed by atoms with Crippen molar-refractivity contribution in [1.29, 1.82) is 0 Å². The predicted octanol–water partition coefficient (Wildman–Crippen LogP) is 8.19. The van der Waals surface area contributed by atoms with Crippen LogP contribution in [0.3, 0.4) is 0 Å². The van der Waals surface area contributed by atoms with Crippen LogP contribution in [-0.2, 0) is 0 Å². The first-order valence-corrected chi connectivity index (χ1v) is 13.0. The van der Waals surface area contributed by atoms with Gasteiger partial charge in [-0.2, -0.15) is 0 Å². The first-order chi connectivity index (χ1) is 17.8. The maximum atomic E-state index is 4.79. The van der Waals surface area contributed by atoms with Crippen LogP contribution >= 0.6 is 11.3 Å². The highest BCUT2D eigenvalue weighted by molar-refractivity contribution is 7.26. The quantitative estimate of drug-likeness (QED) is 0.258. The summed E-state index contributed by atoms with van der Waals surface area (Å²) in [6, 6.07) is 28.5. The first kappa shape index (κ1) is 19.8. The molecule has 170 valence electrons. The smallest absolute Gasteiger partial charge is 0.0873 e. The zero-order valence-corrected chi connectivity index (χ0v) is 20.1. The highest BCUT2D eigenvalue weighted by atomic mass is 32.1. The highest BCUT2D eigenvalue weighted by Crippen LogP contribution is 2.44. The average molecular weight is 480 g/mol. The van der Waals surface area contributed by atoms with Gasteiger partial charge in [-0.05, 0) is 35.4 Å². The fourth-order valence-corrected chi connectivity index (χ4v) is 6.73. The van der Waals surface area contributed by atoms with E-state index in [-0.39, 0.29) is 6.04 Å². The van der Waals surface area contributed by atoms with Crippen molar-refractivity contribution in [2.24, 2.45) is 4.99 Å². The molecular formula is C32H21N3S. The summed E-state index contributed by atoms with van der Waals surface area (Å²) in [6.07, 6.45) is 10.3. The Morgan fingerprint density at radius 3 is 2.58 bits per heavy atom. The summed E-state index contributed by atoms with van der Waals surface area (Å²) in [5.74, 6) is 0. The number of nitrogens with zero attached hydrogens (tertiary/aromatic N) is 1. The summed E-state index contributed by atoms with van der Waals surface area (Å²) in [5, 5.41) is 8.90. The number of aromatic amines is 1. The van der Waals surface area contributed by atoms with E-state index >= 15 is 0 Å². The zero-order valence-electron chi connectivity index (χ0n) is 19.3. The number of hydrogen-bond acceptors (Lipinski definition) is 3. The molecule has 1 aliphatic carbocycles. The van der Waals surface area contributed by atoms with Gasteiger partial charge < -0.3 is 10.3 Å². The maximum Gasteiger partial charge on any atom is 0.0873 e. The molecule has 2 aliphatic rings. The fraction of sp³-hybridized carbons (Fsp3) is 0.0312. The van der Waals surface area contributed by atoms with Gasteiger partial charge in [-0.25, -0.2) is 0 Å². The van der Waals surface area contributed by atoms with Gasteiger partial charge in [0.2, 0.25) is 0 Å². The Morgan fingerprint density at radius 1 is 0.750 bits per heavy atom. The Morgan fingerprint density at radius 2 is 1.64 bits per heavy atom. The standard InChI is InChI=1S/C32H21N3S/c1-2-8-19(9-3-1)20-14-15-21-26(16-20)35-32-23(27-18-33-24-11-5-6-12-25(24)34-27)17-29-30(31(21)32)22-10-4-7-13-28(22)36-29/h1-18,25,34-35H. The third-order valence-corrected chi connectivity index (χ3v) is 8.39. The van der Waals surface area contributed by atoms with Gasteiger partial charge in [0.25, 0.3) is 0 Å². The number of aromatic nitrogens is 1. The number of benzene rings is 4. The van der Waals surface area contributed by atoms with Crippen molar-refractivity contribution in [3.8, 4) is 11.1 Å². The molecular weight excluding hydrogens is 458 g/mol. The van der Waals surface area contributed by atoms with Crippen LogP contribution in [0.4, 0.5) is 0 Å². The molecule has 36 heavy (non-hydrogen) atoms. The molecule has 1 unspecified atom stereocenters. The second kappa shape index (κ2) is 7.54. The van der Waals surface area contributed by atoms with Gasteiger partial charge in [-0.1, -0.05) is 78.9 Å². The molecule has 1 aliphatic heterocycles. The largest absolute Gasteiger partial charge is 0.371 e. The zero-order chi connectivity index (χ0) is 23.6. The lowest BCUT2D eigenvalue weighted by atomic mass is 9.98. The van der Waals surface area contributed by atoms with E-state index in [9.17, 15) is 0 Å². The van der Waals surface area contributed by atoms with Crippen LogP contribution in [0.25, 0.3) is 58.8 Å². The topological polar surface area (TPSA) is 40.2 Å². The molecule has 1 atom stereocenters. The molecule has 3 heterocycles. The average Bonchev–Trinajstić information content (AvgIpc) is 3.50. The molecule has 0 radical (unpaired) electrons. The minimum atomic E-state index is 0.0946. The van der Waals surface area contributed by atoms with Crippen molar-refractivity contribution in [3.05, 3.63) is 115 Å². The molecule has 0 spiro atoms. The summed E-state index contributed by atoms with van der Waals surface area (Å²) < 4.78 is 2.61. The molecule has 0 saturated carbocycles. The SMILES string of the molecule is C1=CC2=NC=C(c3cc4sc5ccccc5c4c4c3[nH]c3cc(-c5ccccc5)ccc34)NC2C=C1. The van der Waals surface area contributed by atoms with Crippen LogP contribution < -0.4 is 5.32 Å².